The van der Waals surface area contributed by atoms with E-state index in [0.29, 0.717) is 18.8 Å². The predicted molar refractivity (Wildman–Crippen MR) is 112 cm³/mol. The number of carbonyl (C=O) groups is 1. The highest BCUT2D eigenvalue weighted by atomic mass is 32.2. The van der Waals surface area contributed by atoms with Crippen molar-refractivity contribution in [2.45, 2.75) is 39.8 Å². The molecule has 0 unspecified atom stereocenters. The Bertz CT molecular complexity index is 878. The number of aryl methyl sites for hydroxylation is 1. The van der Waals surface area contributed by atoms with Crippen LogP contribution in [0.4, 0.5) is 5.69 Å². The van der Waals surface area contributed by atoms with E-state index in [1.165, 1.54) is 0 Å². The lowest BCUT2D eigenvalue weighted by Gasteiger charge is -2.28. The molecule has 0 aliphatic heterocycles. The third-order valence-electron chi connectivity index (χ3n) is 4.39. The standard InChI is InChI=1S/C21H28N2O4S/c1-5-17-7-11-19(12-8-17)23(28(4,25)26)16(3)21(24)22-15-18-9-13-20(14-10-18)27-6-2/h7-14,16H,5-6,15H2,1-4H3,(H,22,24)/t16-/m1/s1. The molecule has 0 radical (unpaired) electrons. The summed E-state index contributed by atoms with van der Waals surface area (Å²) in [6, 6.07) is 13.8. The largest absolute Gasteiger partial charge is 0.494 e. The Hall–Kier alpha value is -2.54. The highest BCUT2D eigenvalue weighted by molar-refractivity contribution is 7.92. The Labute approximate surface area is 167 Å². The molecule has 6 nitrogen and oxygen atoms in total. The molecular formula is C21H28N2O4S. The topological polar surface area (TPSA) is 75.7 Å². The van der Waals surface area contributed by atoms with Crippen LogP contribution in [0.1, 0.15) is 31.9 Å². The summed E-state index contributed by atoms with van der Waals surface area (Å²) in [5.74, 6) is 0.406. The molecule has 0 aromatic heterocycles. The molecule has 0 fully saturated rings. The molecule has 152 valence electrons. The molecule has 0 aliphatic rings. The van der Waals surface area contributed by atoms with Crippen LogP contribution in [0.3, 0.4) is 0 Å². The van der Waals surface area contributed by atoms with Crippen molar-refractivity contribution >= 4 is 21.6 Å². The van der Waals surface area contributed by atoms with Gasteiger partial charge in [0.2, 0.25) is 15.9 Å². The second-order valence-corrected chi connectivity index (χ2v) is 8.41. The third kappa shape index (κ3) is 5.73. The average Bonchev–Trinajstić information content (AvgIpc) is 2.67. The van der Waals surface area contributed by atoms with E-state index in [-0.39, 0.29) is 5.91 Å². The van der Waals surface area contributed by atoms with E-state index in [9.17, 15) is 13.2 Å². The lowest BCUT2D eigenvalue weighted by molar-refractivity contribution is -0.122. The maximum atomic E-state index is 12.6. The maximum absolute atomic E-state index is 12.6. The van der Waals surface area contributed by atoms with Gasteiger partial charge in [0.25, 0.3) is 0 Å². The number of benzene rings is 2. The lowest BCUT2D eigenvalue weighted by Crippen LogP contribution is -2.47. The van der Waals surface area contributed by atoms with E-state index in [0.717, 1.165) is 33.9 Å². The summed E-state index contributed by atoms with van der Waals surface area (Å²) in [5, 5.41) is 2.81. The number of anilines is 1. The van der Waals surface area contributed by atoms with Crippen molar-refractivity contribution in [3.63, 3.8) is 0 Å². The predicted octanol–water partition coefficient (Wildman–Crippen LogP) is 3.12. The van der Waals surface area contributed by atoms with Crippen LogP contribution in [0.25, 0.3) is 0 Å². The highest BCUT2D eigenvalue weighted by Gasteiger charge is 2.28. The highest BCUT2D eigenvalue weighted by Crippen LogP contribution is 2.22. The summed E-state index contributed by atoms with van der Waals surface area (Å²) in [6.45, 7) is 6.43. The van der Waals surface area contributed by atoms with Crippen molar-refractivity contribution in [2.24, 2.45) is 0 Å². The summed E-state index contributed by atoms with van der Waals surface area (Å²) in [4.78, 5) is 12.6. The number of rotatable bonds is 9. The molecule has 0 saturated carbocycles. The van der Waals surface area contributed by atoms with Crippen molar-refractivity contribution < 1.29 is 17.9 Å². The van der Waals surface area contributed by atoms with Gasteiger partial charge >= 0.3 is 0 Å². The van der Waals surface area contributed by atoms with E-state index in [4.69, 9.17) is 4.74 Å². The van der Waals surface area contributed by atoms with Gasteiger partial charge < -0.3 is 10.1 Å². The average molecular weight is 405 g/mol. The first-order valence-electron chi connectivity index (χ1n) is 9.34. The Morgan fingerprint density at radius 3 is 2.11 bits per heavy atom. The zero-order chi connectivity index (χ0) is 20.7. The number of nitrogens with one attached hydrogen (secondary N) is 1. The van der Waals surface area contributed by atoms with E-state index >= 15 is 0 Å². The molecule has 28 heavy (non-hydrogen) atoms. The summed E-state index contributed by atoms with van der Waals surface area (Å²) in [6.07, 6.45) is 1.97. The second-order valence-electron chi connectivity index (χ2n) is 6.55. The van der Waals surface area contributed by atoms with Crippen LogP contribution in [0, 0.1) is 0 Å². The van der Waals surface area contributed by atoms with Crippen LogP contribution in [0.15, 0.2) is 48.5 Å². The van der Waals surface area contributed by atoms with Crippen LogP contribution in [0.2, 0.25) is 0 Å². The molecule has 0 bridgehead atoms. The number of carbonyl (C=O) groups excluding carboxylic acids is 1. The summed E-state index contributed by atoms with van der Waals surface area (Å²) in [7, 11) is -3.62. The maximum Gasteiger partial charge on any atom is 0.243 e. The van der Waals surface area contributed by atoms with E-state index < -0.39 is 16.1 Å². The van der Waals surface area contributed by atoms with Gasteiger partial charge in [-0.1, -0.05) is 31.2 Å². The number of ether oxygens (including phenoxy) is 1. The molecule has 0 spiro atoms. The number of nitrogens with zero attached hydrogens (tertiary/aromatic N) is 1. The number of sulfonamides is 1. The SMILES string of the molecule is CCOc1ccc(CNC(=O)[C@@H](C)N(c2ccc(CC)cc2)S(C)(=O)=O)cc1. The first-order chi connectivity index (χ1) is 13.3. The van der Waals surface area contributed by atoms with Gasteiger partial charge in [-0.05, 0) is 55.7 Å². The van der Waals surface area contributed by atoms with Gasteiger partial charge in [0.1, 0.15) is 11.8 Å². The molecule has 0 aliphatic carbocycles. The van der Waals surface area contributed by atoms with Crippen LogP contribution in [0.5, 0.6) is 5.75 Å². The van der Waals surface area contributed by atoms with Gasteiger partial charge in [0.15, 0.2) is 0 Å². The number of amides is 1. The normalized spacial score (nSPS) is 12.3. The number of hydrogen-bond donors (Lipinski definition) is 1. The van der Waals surface area contributed by atoms with Crippen LogP contribution in [-0.4, -0.2) is 33.2 Å². The summed E-state index contributed by atoms with van der Waals surface area (Å²) in [5.41, 5.74) is 2.48. The minimum atomic E-state index is -3.62. The Morgan fingerprint density at radius 1 is 1.04 bits per heavy atom. The van der Waals surface area contributed by atoms with Crippen molar-refractivity contribution in [3.8, 4) is 5.75 Å². The van der Waals surface area contributed by atoms with Gasteiger partial charge in [0.05, 0.1) is 18.6 Å². The molecule has 2 aromatic rings. The molecule has 0 heterocycles. The van der Waals surface area contributed by atoms with Gasteiger partial charge in [-0.2, -0.15) is 0 Å². The molecule has 0 saturated heterocycles. The van der Waals surface area contributed by atoms with Gasteiger partial charge in [-0.3, -0.25) is 9.10 Å². The minimum Gasteiger partial charge on any atom is -0.494 e. The van der Waals surface area contributed by atoms with Crippen LogP contribution >= 0.6 is 0 Å². The fourth-order valence-corrected chi connectivity index (χ4v) is 4.07. The zero-order valence-electron chi connectivity index (χ0n) is 16.8. The first kappa shape index (κ1) is 21.8. The smallest absolute Gasteiger partial charge is 0.243 e. The van der Waals surface area contributed by atoms with E-state index in [1.807, 2.05) is 50.2 Å². The molecule has 7 heteroatoms. The van der Waals surface area contributed by atoms with Crippen LogP contribution in [-0.2, 0) is 27.8 Å². The van der Waals surface area contributed by atoms with E-state index in [2.05, 4.69) is 5.32 Å². The Balaban J connectivity index is 2.10. The van der Waals surface area contributed by atoms with Crippen molar-refractivity contribution in [1.82, 2.24) is 5.32 Å². The molecule has 1 atom stereocenters. The molecule has 1 amide bonds. The monoisotopic (exact) mass is 404 g/mol. The van der Waals surface area contributed by atoms with Gasteiger partial charge in [-0.15, -0.1) is 0 Å². The quantitative estimate of drug-likeness (QED) is 0.697. The van der Waals surface area contributed by atoms with E-state index in [1.54, 1.807) is 19.1 Å². The first-order valence-corrected chi connectivity index (χ1v) is 11.2. The number of hydrogen-bond acceptors (Lipinski definition) is 4. The Morgan fingerprint density at radius 2 is 1.61 bits per heavy atom. The van der Waals surface area contributed by atoms with Gasteiger partial charge in [-0.25, -0.2) is 8.42 Å². The van der Waals surface area contributed by atoms with Gasteiger partial charge in [0, 0.05) is 6.54 Å². The van der Waals surface area contributed by atoms with Crippen molar-refractivity contribution in [2.75, 3.05) is 17.2 Å². The lowest BCUT2D eigenvalue weighted by atomic mass is 10.1. The third-order valence-corrected chi connectivity index (χ3v) is 5.63. The minimum absolute atomic E-state index is 0.307. The van der Waals surface area contributed by atoms with Crippen molar-refractivity contribution in [3.05, 3.63) is 59.7 Å². The zero-order valence-corrected chi connectivity index (χ0v) is 17.6. The molecule has 2 aromatic carbocycles. The van der Waals surface area contributed by atoms with Crippen LogP contribution < -0.4 is 14.4 Å². The second kappa shape index (κ2) is 9.59. The molecule has 2 rings (SSSR count). The molecular weight excluding hydrogens is 376 g/mol. The molecule has 1 N–H and O–H groups in total. The fourth-order valence-electron chi connectivity index (χ4n) is 2.89. The summed E-state index contributed by atoms with van der Waals surface area (Å²) < 4.78 is 31.2. The van der Waals surface area contributed by atoms with Crippen molar-refractivity contribution in [1.29, 1.82) is 0 Å². The fraction of sp³-hybridized carbons (Fsp3) is 0.381. The summed E-state index contributed by atoms with van der Waals surface area (Å²) >= 11 is 0. The Kier molecular flexibility index (Phi) is 7.45.